The molecule has 1 N–H and O–H groups in total. The summed E-state index contributed by atoms with van der Waals surface area (Å²) in [5.41, 5.74) is 0. The summed E-state index contributed by atoms with van der Waals surface area (Å²) in [6.07, 6.45) is 1.51. The molecule has 1 aliphatic rings. The summed E-state index contributed by atoms with van der Waals surface area (Å²) < 4.78 is 25.3. The average Bonchev–Trinajstić information content (AvgIpc) is 2.35. The first kappa shape index (κ1) is 17.9. The van der Waals surface area contributed by atoms with E-state index in [-0.39, 0.29) is 17.7 Å². The van der Waals surface area contributed by atoms with E-state index in [1.165, 1.54) is 6.92 Å². The second-order valence-corrected chi connectivity index (χ2v) is 7.68. The van der Waals surface area contributed by atoms with Crippen molar-refractivity contribution in [1.82, 2.24) is 14.5 Å². The van der Waals surface area contributed by atoms with Gasteiger partial charge in [-0.15, -0.1) is 0 Å². The van der Waals surface area contributed by atoms with Gasteiger partial charge in [-0.2, -0.15) is 0 Å². The van der Waals surface area contributed by atoms with Gasteiger partial charge in [-0.05, 0) is 12.3 Å². The summed E-state index contributed by atoms with van der Waals surface area (Å²) >= 11 is 0. The van der Waals surface area contributed by atoms with Crippen LogP contribution in [-0.2, 0) is 19.6 Å². The topological polar surface area (TPSA) is 86.8 Å². The van der Waals surface area contributed by atoms with Gasteiger partial charge in [0.2, 0.25) is 21.8 Å². The Morgan fingerprint density at radius 1 is 1.10 bits per heavy atom. The maximum Gasteiger partial charge on any atom is 0.240 e. The molecule has 0 radical (unpaired) electrons. The molecule has 1 rings (SSSR count). The van der Waals surface area contributed by atoms with E-state index in [1.54, 1.807) is 9.80 Å². The smallest absolute Gasteiger partial charge is 0.240 e. The van der Waals surface area contributed by atoms with Crippen molar-refractivity contribution < 1.29 is 18.0 Å². The predicted molar refractivity (Wildman–Crippen MR) is 80.1 cm³/mol. The van der Waals surface area contributed by atoms with Gasteiger partial charge in [-0.3, -0.25) is 9.59 Å². The van der Waals surface area contributed by atoms with E-state index < -0.39 is 16.1 Å². The molecule has 8 heteroatoms. The van der Waals surface area contributed by atoms with E-state index in [0.717, 1.165) is 6.26 Å². The van der Waals surface area contributed by atoms with E-state index in [2.05, 4.69) is 4.72 Å². The molecule has 0 aromatic carbocycles. The molecule has 1 heterocycles. The van der Waals surface area contributed by atoms with Crippen molar-refractivity contribution in [2.75, 3.05) is 32.4 Å². The lowest BCUT2D eigenvalue weighted by Gasteiger charge is -2.36. The predicted octanol–water partition coefficient (Wildman–Crippen LogP) is -0.359. The Morgan fingerprint density at radius 3 is 1.95 bits per heavy atom. The molecular formula is C13H25N3O4S. The first-order valence-corrected chi connectivity index (χ1v) is 9.01. The zero-order valence-corrected chi connectivity index (χ0v) is 13.9. The van der Waals surface area contributed by atoms with Crippen molar-refractivity contribution in [2.24, 2.45) is 5.92 Å². The fourth-order valence-corrected chi connectivity index (χ4v) is 3.11. The van der Waals surface area contributed by atoms with Crippen molar-refractivity contribution in [3.63, 3.8) is 0 Å². The van der Waals surface area contributed by atoms with E-state index >= 15 is 0 Å². The minimum atomic E-state index is -3.44. The molecule has 1 saturated heterocycles. The van der Waals surface area contributed by atoms with E-state index in [4.69, 9.17) is 0 Å². The molecule has 0 spiro atoms. The van der Waals surface area contributed by atoms with E-state index in [0.29, 0.717) is 32.6 Å². The lowest BCUT2D eigenvalue weighted by Crippen LogP contribution is -2.55. The second kappa shape index (κ2) is 7.22. The zero-order chi connectivity index (χ0) is 16.2. The van der Waals surface area contributed by atoms with Crippen molar-refractivity contribution >= 4 is 21.8 Å². The molecule has 7 nitrogen and oxygen atoms in total. The molecular weight excluding hydrogens is 294 g/mol. The Morgan fingerprint density at radius 2 is 1.57 bits per heavy atom. The molecule has 0 bridgehead atoms. The number of sulfonamides is 1. The number of nitrogens with zero attached hydrogens (tertiary/aromatic N) is 2. The van der Waals surface area contributed by atoms with Crippen LogP contribution in [0.25, 0.3) is 0 Å². The minimum absolute atomic E-state index is 0.00455. The highest BCUT2D eigenvalue weighted by atomic mass is 32.2. The van der Waals surface area contributed by atoms with Gasteiger partial charge < -0.3 is 9.80 Å². The molecule has 0 saturated carbocycles. The molecule has 0 unspecified atom stereocenters. The fourth-order valence-electron chi connectivity index (χ4n) is 2.39. The maximum absolute atomic E-state index is 12.5. The Balaban J connectivity index is 2.70. The lowest BCUT2D eigenvalue weighted by molar-refractivity contribution is -0.139. The highest BCUT2D eigenvalue weighted by molar-refractivity contribution is 7.88. The third-order valence-corrected chi connectivity index (χ3v) is 4.11. The van der Waals surface area contributed by atoms with Crippen LogP contribution in [0.15, 0.2) is 0 Å². The summed E-state index contributed by atoms with van der Waals surface area (Å²) in [5.74, 6) is -0.0147. The minimum Gasteiger partial charge on any atom is -0.339 e. The molecule has 122 valence electrons. The standard InChI is InChI=1S/C13H25N3O4S/c1-10(2)9-12(14-21(4,19)20)13(18)16-7-5-15(6-8-16)11(3)17/h10,12,14H,5-9H2,1-4H3/t12-/m0/s1. The van der Waals surface area contributed by atoms with Crippen LogP contribution in [0.4, 0.5) is 0 Å². The number of piperazine rings is 1. The van der Waals surface area contributed by atoms with Gasteiger partial charge >= 0.3 is 0 Å². The van der Waals surface area contributed by atoms with Gasteiger partial charge in [-0.25, -0.2) is 13.1 Å². The first-order valence-electron chi connectivity index (χ1n) is 7.11. The van der Waals surface area contributed by atoms with Crippen LogP contribution in [-0.4, -0.2) is 68.5 Å². The summed E-state index contributed by atoms with van der Waals surface area (Å²) in [4.78, 5) is 27.1. The van der Waals surface area contributed by atoms with Crippen LogP contribution in [0.5, 0.6) is 0 Å². The van der Waals surface area contributed by atoms with Gasteiger partial charge in [0.05, 0.1) is 6.26 Å². The molecule has 1 fully saturated rings. The van der Waals surface area contributed by atoms with Crippen molar-refractivity contribution in [3.05, 3.63) is 0 Å². The number of carbonyl (C=O) groups is 2. The SMILES string of the molecule is CC(=O)N1CCN(C(=O)[C@H](CC(C)C)NS(C)(=O)=O)CC1. The van der Waals surface area contributed by atoms with Gasteiger partial charge in [-0.1, -0.05) is 13.8 Å². The van der Waals surface area contributed by atoms with E-state index in [1.807, 2.05) is 13.8 Å². The van der Waals surface area contributed by atoms with Crippen LogP contribution in [0.2, 0.25) is 0 Å². The Labute approximate surface area is 126 Å². The van der Waals surface area contributed by atoms with Crippen LogP contribution in [0, 0.1) is 5.92 Å². The van der Waals surface area contributed by atoms with Gasteiger partial charge in [0.1, 0.15) is 6.04 Å². The van der Waals surface area contributed by atoms with Crippen LogP contribution in [0.3, 0.4) is 0 Å². The monoisotopic (exact) mass is 319 g/mol. The van der Waals surface area contributed by atoms with Crippen LogP contribution in [0.1, 0.15) is 27.2 Å². The maximum atomic E-state index is 12.5. The highest BCUT2D eigenvalue weighted by Crippen LogP contribution is 2.11. The molecule has 0 aliphatic carbocycles. The summed E-state index contributed by atoms with van der Waals surface area (Å²) in [5, 5.41) is 0. The second-order valence-electron chi connectivity index (χ2n) is 5.90. The van der Waals surface area contributed by atoms with Crippen molar-refractivity contribution in [3.8, 4) is 0 Å². The summed E-state index contributed by atoms with van der Waals surface area (Å²) in [6, 6.07) is -0.733. The Kier molecular flexibility index (Phi) is 6.15. The van der Waals surface area contributed by atoms with Crippen LogP contribution >= 0.6 is 0 Å². The Hall–Kier alpha value is -1.15. The largest absolute Gasteiger partial charge is 0.339 e. The molecule has 2 amide bonds. The summed E-state index contributed by atoms with van der Waals surface area (Å²) in [7, 11) is -3.44. The highest BCUT2D eigenvalue weighted by Gasteiger charge is 2.30. The number of rotatable bonds is 5. The molecule has 0 aromatic rings. The Bertz CT molecular complexity index is 482. The fraction of sp³-hybridized carbons (Fsp3) is 0.846. The average molecular weight is 319 g/mol. The van der Waals surface area contributed by atoms with Gasteiger partial charge in [0.15, 0.2) is 0 Å². The van der Waals surface area contributed by atoms with Crippen molar-refractivity contribution in [1.29, 1.82) is 0 Å². The van der Waals surface area contributed by atoms with Gasteiger partial charge in [0, 0.05) is 33.1 Å². The molecule has 0 aromatic heterocycles. The quantitative estimate of drug-likeness (QED) is 0.750. The van der Waals surface area contributed by atoms with Crippen molar-refractivity contribution in [2.45, 2.75) is 33.2 Å². The molecule has 1 aliphatic heterocycles. The molecule has 1 atom stereocenters. The van der Waals surface area contributed by atoms with Crippen LogP contribution < -0.4 is 4.72 Å². The number of nitrogens with one attached hydrogen (secondary N) is 1. The number of hydrogen-bond donors (Lipinski definition) is 1. The number of hydrogen-bond acceptors (Lipinski definition) is 4. The zero-order valence-electron chi connectivity index (χ0n) is 13.1. The normalized spacial score (nSPS) is 18.0. The molecule has 21 heavy (non-hydrogen) atoms. The number of amides is 2. The lowest BCUT2D eigenvalue weighted by atomic mass is 10.0. The third-order valence-electron chi connectivity index (χ3n) is 3.40. The van der Waals surface area contributed by atoms with Gasteiger partial charge in [0.25, 0.3) is 0 Å². The summed E-state index contributed by atoms with van der Waals surface area (Å²) in [6.45, 7) is 7.26. The first-order chi connectivity index (χ1) is 9.60. The number of carbonyl (C=O) groups excluding carboxylic acids is 2. The third kappa shape index (κ3) is 6.01. The van der Waals surface area contributed by atoms with E-state index in [9.17, 15) is 18.0 Å².